The molecule has 5 heteroatoms. The summed E-state index contributed by atoms with van der Waals surface area (Å²) >= 11 is 0. The second-order valence-corrected chi connectivity index (χ2v) is 2.36. The lowest BCUT2D eigenvalue weighted by molar-refractivity contribution is -0.157. The number of halogens is 2. The molecule has 3 nitrogen and oxygen atoms in total. The van der Waals surface area contributed by atoms with Gasteiger partial charge in [0.15, 0.2) is 0 Å². The van der Waals surface area contributed by atoms with Crippen LogP contribution in [0.3, 0.4) is 0 Å². The van der Waals surface area contributed by atoms with E-state index >= 15 is 0 Å². The van der Waals surface area contributed by atoms with Crippen LogP contribution in [0.4, 0.5) is 8.78 Å². The van der Waals surface area contributed by atoms with Gasteiger partial charge in [0.25, 0.3) is 5.92 Å². The molecule has 0 aliphatic heterocycles. The third kappa shape index (κ3) is 3.09. The van der Waals surface area contributed by atoms with Crippen molar-refractivity contribution in [3.8, 4) is 0 Å². The first-order valence-corrected chi connectivity index (χ1v) is 3.13. The predicted octanol–water partition coefficient (Wildman–Crippen LogP) is 0.00980. The molecule has 0 spiro atoms. The van der Waals surface area contributed by atoms with E-state index in [1.165, 1.54) is 0 Å². The summed E-state index contributed by atoms with van der Waals surface area (Å²) in [6.07, 6.45) is -3.19. The quantitative estimate of drug-likeness (QED) is 0.624. The molecule has 2 unspecified atom stereocenters. The summed E-state index contributed by atoms with van der Waals surface area (Å²) in [4.78, 5) is 0. The van der Waals surface area contributed by atoms with Crippen molar-refractivity contribution in [1.82, 2.24) is 0 Å². The van der Waals surface area contributed by atoms with Crippen LogP contribution in [0.15, 0.2) is 0 Å². The lowest BCUT2D eigenvalue weighted by atomic mass is 10.1. The van der Waals surface area contributed by atoms with Gasteiger partial charge < -0.3 is 14.9 Å². The molecule has 2 atom stereocenters. The van der Waals surface area contributed by atoms with Crippen LogP contribution in [0.2, 0.25) is 0 Å². The second kappa shape index (κ2) is 3.94. The average Bonchev–Trinajstić information content (AvgIpc) is 1.88. The minimum absolute atomic E-state index is 0.569. The standard InChI is InChI=1S/C6H12F2O3/c1-6(7,8)5(10)4(3-9)11-2/h4-5,9-10H,3H2,1-2H3. The highest BCUT2D eigenvalue weighted by atomic mass is 19.3. The van der Waals surface area contributed by atoms with E-state index in [-0.39, 0.29) is 0 Å². The average molecular weight is 170 g/mol. The molecule has 0 aliphatic rings. The van der Waals surface area contributed by atoms with Gasteiger partial charge in [0.05, 0.1) is 6.61 Å². The normalized spacial score (nSPS) is 18.0. The van der Waals surface area contributed by atoms with Gasteiger partial charge >= 0.3 is 0 Å². The predicted molar refractivity (Wildman–Crippen MR) is 34.5 cm³/mol. The maximum absolute atomic E-state index is 12.3. The third-order valence-electron chi connectivity index (χ3n) is 1.35. The van der Waals surface area contributed by atoms with Crippen molar-refractivity contribution < 1.29 is 23.7 Å². The monoisotopic (exact) mass is 170 g/mol. The fourth-order valence-electron chi connectivity index (χ4n) is 0.630. The number of hydrogen-bond acceptors (Lipinski definition) is 3. The number of methoxy groups -OCH3 is 1. The van der Waals surface area contributed by atoms with Crippen LogP contribution in [0.5, 0.6) is 0 Å². The molecule has 0 aliphatic carbocycles. The Morgan fingerprint density at radius 3 is 2.09 bits per heavy atom. The van der Waals surface area contributed by atoms with E-state index < -0.39 is 24.7 Å². The molecule has 0 aromatic rings. The number of alkyl halides is 2. The Bertz CT molecular complexity index is 109. The molecule has 0 heterocycles. The zero-order chi connectivity index (χ0) is 9.07. The Labute approximate surface area is 63.6 Å². The number of aliphatic hydroxyl groups is 2. The fourth-order valence-corrected chi connectivity index (χ4v) is 0.630. The molecule has 0 aromatic heterocycles. The van der Waals surface area contributed by atoms with Crippen molar-refractivity contribution in [3.05, 3.63) is 0 Å². The Morgan fingerprint density at radius 2 is 2.00 bits per heavy atom. The number of ether oxygens (including phenoxy) is 1. The maximum Gasteiger partial charge on any atom is 0.273 e. The molecule has 11 heavy (non-hydrogen) atoms. The van der Waals surface area contributed by atoms with Crippen molar-refractivity contribution in [3.63, 3.8) is 0 Å². The van der Waals surface area contributed by atoms with Crippen LogP contribution in [0, 0.1) is 0 Å². The summed E-state index contributed by atoms with van der Waals surface area (Å²) in [6, 6.07) is 0. The third-order valence-corrected chi connectivity index (χ3v) is 1.35. The van der Waals surface area contributed by atoms with Gasteiger partial charge in [-0.3, -0.25) is 0 Å². The highest BCUT2D eigenvalue weighted by Gasteiger charge is 2.38. The van der Waals surface area contributed by atoms with Crippen LogP contribution in [0.1, 0.15) is 6.92 Å². The van der Waals surface area contributed by atoms with Crippen molar-refractivity contribution in [1.29, 1.82) is 0 Å². The molecule has 0 aromatic carbocycles. The van der Waals surface area contributed by atoms with Gasteiger partial charge in [-0.25, -0.2) is 8.78 Å². The summed E-state index contributed by atoms with van der Waals surface area (Å²) in [7, 11) is 1.15. The number of rotatable bonds is 4. The lowest BCUT2D eigenvalue weighted by Crippen LogP contribution is -2.43. The van der Waals surface area contributed by atoms with Gasteiger partial charge in [0, 0.05) is 14.0 Å². The summed E-state index contributed by atoms with van der Waals surface area (Å²) < 4.78 is 29.0. The Kier molecular flexibility index (Phi) is 3.85. The van der Waals surface area contributed by atoms with Gasteiger partial charge in [-0.15, -0.1) is 0 Å². The molecule has 0 fully saturated rings. The van der Waals surface area contributed by atoms with E-state index in [0.29, 0.717) is 6.92 Å². The first-order valence-electron chi connectivity index (χ1n) is 3.13. The molecule has 68 valence electrons. The summed E-state index contributed by atoms with van der Waals surface area (Å²) in [6.45, 7) is -0.0551. The SMILES string of the molecule is COC(CO)C(O)C(C)(F)F. The van der Waals surface area contributed by atoms with Gasteiger partial charge in [-0.2, -0.15) is 0 Å². The minimum Gasteiger partial charge on any atom is -0.394 e. The van der Waals surface area contributed by atoms with Crippen LogP contribution in [-0.2, 0) is 4.74 Å². The van der Waals surface area contributed by atoms with Crippen LogP contribution >= 0.6 is 0 Å². The number of hydrogen-bond donors (Lipinski definition) is 2. The van der Waals surface area contributed by atoms with Crippen molar-refractivity contribution in [2.24, 2.45) is 0 Å². The van der Waals surface area contributed by atoms with Crippen LogP contribution < -0.4 is 0 Å². The second-order valence-electron chi connectivity index (χ2n) is 2.36. The molecular weight excluding hydrogens is 158 g/mol. The van der Waals surface area contributed by atoms with E-state index in [4.69, 9.17) is 10.2 Å². The molecule has 0 saturated carbocycles. The minimum atomic E-state index is -3.25. The van der Waals surface area contributed by atoms with E-state index in [2.05, 4.69) is 4.74 Å². The molecule has 2 N–H and O–H groups in total. The Balaban J connectivity index is 4.09. The smallest absolute Gasteiger partial charge is 0.273 e. The lowest BCUT2D eigenvalue weighted by Gasteiger charge is -2.24. The van der Waals surface area contributed by atoms with E-state index in [0.717, 1.165) is 7.11 Å². The zero-order valence-electron chi connectivity index (χ0n) is 6.42. The molecule has 0 amide bonds. The van der Waals surface area contributed by atoms with Crippen molar-refractivity contribution >= 4 is 0 Å². The van der Waals surface area contributed by atoms with Crippen molar-refractivity contribution in [2.45, 2.75) is 25.1 Å². The maximum atomic E-state index is 12.3. The zero-order valence-corrected chi connectivity index (χ0v) is 6.42. The highest BCUT2D eigenvalue weighted by molar-refractivity contribution is 4.78. The summed E-state index contributed by atoms with van der Waals surface area (Å²) in [5, 5.41) is 17.3. The van der Waals surface area contributed by atoms with Crippen molar-refractivity contribution in [2.75, 3.05) is 13.7 Å². The van der Waals surface area contributed by atoms with Crippen LogP contribution in [-0.4, -0.2) is 42.1 Å². The van der Waals surface area contributed by atoms with Gasteiger partial charge in [0.1, 0.15) is 12.2 Å². The molecule has 0 bridgehead atoms. The molecule has 0 saturated heterocycles. The molecule has 0 rings (SSSR count). The number of aliphatic hydroxyl groups excluding tert-OH is 2. The fraction of sp³-hybridized carbons (Fsp3) is 1.00. The Morgan fingerprint density at radius 1 is 1.55 bits per heavy atom. The van der Waals surface area contributed by atoms with Gasteiger partial charge in [-0.05, 0) is 0 Å². The first kappa shape index (κ1) is 10.7. The van der Waals surface area contributed by atoms with E-state index in [1.54, 1.807) is 0 Å². The van der Waals surface area contributed by atoms with E-state index in [9.17, 15) is 8.78 Å². The van der Waals surface area contributed by atoms with Crippen LogP contribution in [0.25, 0.3) is 0 Å². The summed E-state index contributed by atoms with van der Waals surface area (Å²) in [5.41, 5.74) is 0. The Hall–Kier alpha value is -0.260. The summed E-state index contributed by atoms with van der Waals surface area (Å²) in [5.74, 6) is -3.25. The van der Waals surface area contributed by atoms with Gasteiger partial charge in [-0.1, -0.05) is 0 Å². The van der Waals surface area contributed by atoms with Gasteiger partial charge in [0.2, 0.25) is 0 Å². The topological polar surface area (TPSA) is 49.7 Å². The highest BCUT2D eigenvalue weighted by Crippen LogP contribution is 2.20. The molecular formula is C6H12F2O3. The largest absolute Gasteiger partial charge is 0.394 e. The molecule has 0 radical (unpaired) electrons. The first-order chi connectivity index (χ1) is 4.93. The van der Waals surface area contributed by atoms with E-state index in [1.807, 2.05) is 0 Å².